The van der Waals surface area contributed by atoms with Crippen molar-refractivity contribution in [1.82, 2.24) is 0 Å². The predicted octanol–water partition coefficient (Wildman–Crippen LogP) is 4.39. The average molecular weight is 205 g/mol. The van der Waals surface area contributed by atoms with Crippen LogP contribution in [0.5, 0.6) is 0 Å². The number of nitrogens with zero attached hydrogens (tertiary/aromatic N) is 1. The molecule has 1 heteroatoms. The monoisotopic (exact) mass is 205 g/mol. The van der Waals surface area contributed by atoms with E-state index in [9.17, 15) is 0 Å². The SMILES string of the molecule is C=CC=NC=CC=CC(C)C(C)CCC. The molecular formula is C14H23N. The highest BCUT2D eigenvalue weighted by molar-refractivity contribution is 5.70. The number of aliphatic imine (C=N–C) groups is 1. The highest BCUT2D eigenvalue weighted by atomic mass is 14.6. The van der Waals surface area contributed by atoms with Crippen molar-refractivity contribution in [3.8, 4) is 0 Å². The Balaban J connectivity index is 3.89. The number of hydrogen-bond donors (Lipinski definition) is 0. The second kappa shape index (κ2) is 9.45. The van der Waals surface area contributed by atoms with Crippen LogP contribution in [0.15, 0.2) is 42.1 Å². The molecule has 0 spiro atoms. The molecule has 2 unspecified atom stereocenters. The van der Waals surface area contributed by atoms with E-state index in [1.807, 2.05) is 6.08 Å². The molecule has 0 aliphatic heterocycles. The molecule has 0 bridgehead atoms. The summed E-state index contributed by atoms with van der Waals surface area (Å²) in [5.74, 6) is 1.40. The number of allylic oxidation sites excluding steroid dienone is 4. The predicted molar refractivity (Wildman–Crippen MR) is 70.2 cm³/mol. The molecule has 0 radical (unpaired) electrons. The first kappa shape index (κ1) is 13.9. The van der Waals surface area contributed by atoms with Crippen LogP contribution in [0.1, 0.15) is 33.6 Å². The fourth-order valence-electron chi connectivity index (χ4n) is 1.36. The summed E-state index contributed by atoms with van der Waals surface area (Å²) >= 11 is 0. The maximum absolute atomic E-state index is 3.99. The van der Waals surface area contributed by atoms with Crippen molar-refractivity contribution < 1.29 is 0 Å². The van der Waals surface area contributed by atoms with E-state index < -0.39 is 0 Å². The van der Waals surface area contributed by atoms with Gasteiger partial charge in [0.25, 0.3) is 0 Å². The van der Waals surface area contributed by atoms with Crippen molar-refractivity contribution in [2.75, 3.05) is 0 Å². The van der Waals surface area contributed by atoms with Crippen LogP contribution in [0.3, 0.4) is 0 Å². The van der Waals surface area contributed by atoms with Crippen molar-refractivity contribution in [3.05, 3.63) is 37.1 Å². The second-order valence-electron chi connectivity index (χ2n) is 3.89. The summed E-state index contributed by atoms with van der Waals surface area (Å²) in [6, 6.07) is 0. The van der Waals surface area contributed by atoms with Gasteiger partial charge in [-0.1, -0.05) is 58.4 Å². The summed E-state index contributed by atoms with van der Waals surface area (Å²) in [6.45, 7) is 10.3. The van der Waals surface area contributed by atoms with Gasteiger partial charge in [0.2, 0.25) is 0 Å². The Labute approximate surface area is 94.3 Å². The van der Waals surface area contributed by atoms with Crippen LogP contribution in [0.4, 0.5) is 0 Å². The van der Waals surface area contributed by atoms with Crippen LogP contribution in [-0.2, 0) is 0 Å². The van der Waals surface area contributed by atoms with E-state index >= 15 is 0 Å². The molecule has 0 rings (SSSR count). The first-order valence-corrected chi connectivity index (χ1v) is 5.69. The molecule has 15 heavy (non-hydrogen) atoms. The fraction of sp³-hybridized carbons (Fsp3) is 0.500. The van der Waals surface area contributed by atoms with Gasteiger partial charge in [0.1, 0.15) is 0 Å². The normalized spacial score (nSPS) is 16.5. The molecule has 0 aromatic rings. The van der Waals surface area contributed by atoms with Crippen molar-refractivity contribution in [3.63, 3.8) is 0 Å². The molecule has 0 saturated carbocycles. The van der Waals surface area contributed by atoms with Crippen LogP contribution in [0.25, 0.3) is 0 Å². The molecule has 0 aliphatic carbocycles. The average Bonchev–Trinajstić information content (AvgIpc) is 2.23. The van der Waals surface area contributed by atoms with Crippen LogP contribution in [0, 0.1) is 11.8 Å². The third-order valence-electron chi connectivity index (χ3n) is 2.53. The molecular weight excluding hydrogens is 182 g/mol. The summed E-state index contributed by atoms with van der Waals surface area (Å²) in [5.41, 5.74) is 0. The molecule has 84 valence electrons. The minimum absolute atomic E-state index is 0.637. The van der Waals surface area contributed by atoms with Gasteiger partial charge in [0, 0.05) is 12.4 Å². The van der Waals surface area contributed by atoms with Gasteiger partial charge in [0.15, 0.2) is 0 Å². The maximum atomic E-state index is 3.99. The Morgan fingerprint density at radius 1 is 1.27 bits per heavy atom. The zero-order chi connectivity index (χ0) is 11.5. The lowest BCUT2D eigenvalue weighted by Crippen LogP contribution is -2.04. The Hall–Kier alpha value is -1.11. The standard InChI is InChI=1S/C14H23N/c1-5-9-13(3)14(4)10-7-8-12-15-11-6-2/h6-8,10-14H,2,5,9H2,1,3-4H3. The van der Waals surface area contributed by atoms with Crippen molar-refractivity contribution >= 4 is 6.21 Å². The number of rotatable bonds is 7. The van der Waals surface area contributed by atoms with Crippen molar-refractivity contribution in [1.29, 1.82) is 0 Å². The summed E-state index contributed by atoms with van der Waals surface area (Å²) < 4.78 is 0. The van der Waals surface area contributed by atoms with Crippen molar-refractivity contribution in [2.45, 2.75) is 33.6 Å². The van der Waals surface area contributed by atoms with Gasteiger partial charge < -0.3 is 0 Å². The minimum Gasteiger partial charge on any atom is -0.265 e. The lowest BCUT2D eigenvalue weighted by Gasteiger charge is -2.14. The largest absolute Gasteiger partial charge is 0.265 e. The van der Waals surface area contributed by atoms with E-state index in [4.69, 9.17) is 0 Å². The van der Waals surface area contributed by atoms with Crippen LogP contribution in [-0.4, -0.2) is 6.21 Å². The molecule has 0 aromatic heterocycles. The van der Waals surface area contributed by atoms with Gasteiger partial charge >= 0.3 is 0 Å². The molecule has 0 aliphatic rings. The zero-order valence-corrected chi connectivity index (χ0v) is 10.2. The van der Waals surface area contributed by atoms with Gasteiger partial charge in [-0.05, 0) is 17.9 Å². The molecule has 1 nitrogen and oxygen atoms in total. The number of hydrogen-bond acceptors (Lipinski definition) is 1. The van der Waals surface area contributed by atoms with Crippen LogP contribution in [0.2, 0.25) is 0 Å². The molecule has 2 atom stereocenters. The molecule has 0 heterocycles. The van der Waals surface area contributed by atoms with Crippen LogP contribution < -0.4 is 0 Å². The van der Waals surface area contributed by atoms with Gasteiger partial charge in [-0.3, -0.25) is 4.99 Å². The Morgan fingerprint density at radius 2 is 2.00 bits per heavy atom. The highest BCUT2D eigenvalue weighted by Crippen LogP contribution is 2.17. The molecule has 0 fully saturated rings. The fourth-order valence-corrected chi connectivity index (χ4v) is 1.36. The second-order valence-corrected chi connectivity index (χ2v) is 3.89. The minimum atomic E-state index is 0.637. The Morgan fingerprint density at radius 3 is 2.60 bits per heavy atom. The van der Waals surface area contributed by atoms with Crippen LogP contribution >= 0.6 is 0 Å². The van der Waals surface area contributed by atoms with E-state index in [-0.39, 0.29) is 0 Å². The first-order valence-electron chi connectivity index (χ1n) is 5.69. The zero-order valence-electron chi connectivity index (χ0n) is 10.2. The van der Waals surface area contributed by atoms with E-state index in [1.54, 1.807) is 18.5 Å². The van der Waals surface area contributed by atoms with Gasteiger partial charge in [-0.25, -0.2) is 0 Å². The summed E-state index contributed by atoms with van der Waals surface area (Å²) in [5, 5.41) is 0. The molecule has 0 amide bonds. The maximum Gasteiger partial charge on any atom is 0.0267 e. The summed E-state index contributed by atoms with van der Waals surface area (Å²) in [6.07, 6.45) is 13.9. The highest BCUT2D eigenvalue weighted by Gasteiger charge is 2.06. The molecule has 0 saturated heterocycles. The molecule has 0 N–H and O–H groups in total. The summed E-state index contributed by atoms with van der Waals surface area (Å²) in [7, 11) is 0. The van der Waals surface area contributed by atoms with E-state index in [0.29, 0.717) is 5.92 Å². The van der Waals surface area contributed by atoms with Gasteiger partial charge in [-0.2, -0.15) is 0 Å². The van der Waals surface area contributed by atoms with Crippen molar-refractivity contribution in [2.24, 2.45) is 16.8 Å². The Kier molecular flexibility index (Phi) is 8.75. The quantitative estimate of drug-likeness (QED) is 0.432. The van der Waals surface area contributed by atoms with E-state index in [0.717, 1.165) is 5.92 Å². The van der Waals surface area contributed by atoms with Gasteiger partial charge in [0.05, 0.1) is 0 Å². The first-order chi connectivity index (χ1) is 7.22. The van der Waals surface area contributed by atoms with E-state index in [2.05, 4.69) is 44.5 Å². The third kappa shape index (κ3) is 7.92. The topological polar surface area (TPSA) is 12.4 Å². The third-order valence-corrected chi connectivity index (χ3v) is 2.53. The summed E-state index contributed by atoms with van der Waals surface area (Å²) in [4.78, 5) is 3.99. The Bertz CT molecular complexity index is 236. The van der Waals surface area contributed by atoms with Gasteiger partial charge in [-0.15, -0.1) is 0 Å². The lowest BCUT2D eigenvalue weighted by atomic mass is 9.91. The lowest BCUT2D eigenvalue weighted by molar-refractivity contribution is 0.423. The smallest absolute Gasteiger partial charge is 0.0267 e. The van der Waals surface area contributed by atoms with E-state index in [1.165, 1.54) is 12.8 Å². The molecule has 0 aromatic carbocycles.